The summed E-state index contributed by atoms with van der Waals surface area (Å²) < 4.78 is 0. The lowest BCUT2D eigenvalue weighted by atomic mass is 10.1. The van der Waals surface area contributed by atoms with Crippen LogP contribution in [0.3, 0.4) is 0 Å². The third-order valence-corrected chi connectivity index (χ3v) is 4.87. The summed E-state index contributed by atoms with van der Waals surface area (Å²) in [7, 11) is 0. The number of hydrogen-bond donors (Lipinski definition) is 1. The Labute approximate surface area is 163 Å². The molecule has 1 N–H and O–H groups in total. The first-order valence-corrected chi connectivity index (χ1v) is 9.39. The molecule has 7 heteroatoms. The van der Waals surface area contributed by atoms with Gasteiger partial charge in [-0.1, -0.05) is 12.1 Å². The first-order valence-electron chi connectivity index (χ1n) is 9.39. The van der Waals surface area contributed by atoms with Crippen LogP contribution in [0.5, 0.6) is 0 Å². The van der Waals surface area contributed by atoms with Crippen LogP contribution in [0.15, 0.2) is 55.1 Å². The van der Waals surface area contributed by atoms with E-state index in [1.54, 1.807) is 12.3 Å². The monoisotopic (exact) mass is 374 g/mol. The Morgan fingerprint density at radius 3 is 2.89 bits per heavy atom. The number of likely N-dealkylation sites (tertiary alicyclic amines) is 1. The summed E-state index contributed by atoms with van der Waals surface area (Å²) in [5, 5.41) is 2.74. The molecule has 7 nitrogen and oxygen atoms in total. The molecule has 1 aliphatic heterocycles. The van der Waals surface area contributed by atoms with E-state index in [1.807, 2.05) is 31.3 Å². The second-order valence-corrected chi connectivity index (χ2v) is 6.93. The van der Waals surface area contributed by atoms with Crippen LogP contribution in [0.25, 0.3) is 0 Å². The minimum absolute atomic E-state index is 0.200. The summed E-state index contributed by atoms with van der Waals surface area (Å²) in [6.45, 7) is 3.83. The highest BCUT2D eigenvalue weighted by atomic mass is 16.1. The summed E-state index contributed by atoms with van der Waals surface area (Å²) in [6, 6.07) is 9.96. The van der Waals surface area contributed by atoms with Crippen LogP contribution in [-0.2, 0) is 6.54 Å². The van der Waals surface area contributed by atoms with Gasteiger partial charge in [0.05, 0.1) is 17.9 Å². The summed E-state index contributed by atoms with van der Waals surface area (Å²) >= 11 is 0. The predicted molar refractivity (Wildman–Crippen MR) is 106 cm³/mol. The molecule has 142 valence electrons. The molecule has 4 rings (SSSR count). The highest BCUT2D eigenvalue weighted by molar-refractivity contribution is 6.02. The Bertz CT molecular complexity index is 945. The quantitative estimate of drug-likeness (QED) is 0.738. The molecular formula is C21H22N6O. The highest BCUT2D eigenvalue weighted by Crippen LogP contribution is 2.32. The Kier molecular flexibility index (Phi) is 5.34. The van der Waals surface area contributed by atoms with E-state index in [2.05, 4.69) is 36.2 Å². The van der Waals surface area contributed by atoms with Crippen LogP contribution < -0.4 is 5.32 Å². The van der Waals surface area contributed by atoms with E-state index in [9.17, 15) is 4.79 Å². The number of amides is 1. The largest absolute Gasteiger partial charge is 0.304 e. The van der Waals surface area contributed by atoms with Crippen molar-refractivity contribution >= 4 is 11.7 Å². The molecule has 1 saturated heterocycles. The second kappa shape index (κ2) is 8.22. The van der Waals surface area contributed by atoms with Gasteiger partial charge < -0.3 is 5.32 Å². The molecule has 1 fully saturated rings. The smallest absolute Gasteiger partial charge is 0.275 e. The Balaban J connectivity index is 1.49. The third-order valence-electron chi connectivity index (χ3n) is 4.87. The number of anilines is 1. The fourth-order valence-corrected chi connectivity index (χ4v) is 3.48. The van der Waals surface area contributed by atoms with Crippen molar-refractivity contribution in [1.29, 1.82) is 0 Å². The van der Waals surface area contributed by atoms with Gasteiger partial charge in [0.1, 0.15) is 5.69 Å². The minimum atomic E-state index is -0.283. The number of nitrogens with zero attached hydrogens (tertiary/aromatic N) is 5. The van der Waals surface area contributed by atoms with Crippen LogP contribution in [0, 0.1) is 6.92 Å². The SMILES string of the molecule is Cc1ccc(CN2CCC[C@@H]2c2cccc(C(=O)Nc3cnccn3)n2)cn1. The molecule has 0 spiro atoms. The van der Waals surface area contributed by atoms with E-state index in [0.29, 0.717) is 11.5 Å². The van der Waals surface area contributed by atoms with Crippen molar-refractivity contribution < 1.29 is 4.79 Å². The van der Waals surface area contributed by atoms with Crippen molar-refractivity contribution in [2.75, 3.05) is 11.9 Å². The fraction of sp³-hybridized carbons (Fsp3) is 0.286. The zero-order valence-electron chi connectivity index (χ0n) is 15.7. The molecule has 0 radical (unpaired) electrons. The van der Waals surface area contributed by atoms with Crippen molar-refractivity contribution in [2.24, 2.45) is 0 Å². The summed E-state index contributed by atoms with van der Waals surface area (Å²) in [6.07, 6.45) is 8.69. The molecule has 0 aromatic carbocycles. The van der Waals surface area contributed by atoms with Gasteiger partial charge in [0.25, 0.3) is 5.91 Å². The lowest BCUT2D eigenvalue weighted by Crippen LogP contribution is -2.24. The van der Waals surface area contributed by atoms with E-state index < -0.39 is 0 Å². The Hall–Kier alpha value is -3.19. The van der Waals surface area contributed by atoms with Gasteiger partial charge in [-0.15, -0.1) is 0 Å². The number of pyridine rings is 2. The van der Waals surface area contributed by atoms with Gasteiger partial charge in [-0.05, 0) is 50.1 Å². The van der Waals surface area contributed by atoms with Gasteiger partial charge in [-0.2, -0.15) is 0 Å². The van der Waals surface area contributed by atoms with Crippen LogP contribution in [0.2, 0.25) is 0 Å². The molecule has 0 aliphatic carbocycles. The Morgan fingerprint density at radius 1 is 1.18 bits per heavy atom. The van der Waals surface area contributed by atoms with E-state index >= 15 is 0 Å². The number of rotatable bonds is 5. The molecule has 28 heavy (non-hydrogen) atoms. The highest BCUT2D eigenvalue weighted by Gasteiger charge is 2.27. The minimum Gasteiger partial charge on any atom is -0.304 e. The molecule has 0 saturated carbocycles. The normalized spacial score (nSPS) is 16.8. The molecule has 1 atom stereocenters. The van der Waals surface area contributed by atoms with E-state index in [1.165, 1.54) is 18.0 Å². The van der Waals surface area contributed by atoms with Crippen LogP contribution >= 0.6 is 0 Å². The van der Waals surface area contributed by atoms with E-state index in [4.69, 9.17) is 0 Å². The Morgan fingerprint density at radius 2 is 2.11 bits per heavy atom. The fourth-order valence-electron chi connectivity index (χ4n) is 3.48. The van der Waals surface area contributed by atoms with Crippen LogP contribution in [0.1, 0.15) is 46.3 Å². The number of carbonyl (C=O) groups is 1. The van der Waals surface area contributed by atoms with Crippen LogP contribution in [-0.4, -0.2) is 37.3 Å². The lowest BCUT2D eigenvalue weighted by molar-refractivity contribution is 0.102. The van der Waals surface area contributed by atoms with Gasteiger partial charge in [-0.25, -0.2) is 9.97 Å². The van der Waals surface area contributed by atoms with Gasteiger partial charge in [0, 0.05) is 30.8 Å². The zero-order chi connectivity index (χ0) is 19.3. The lowest BCUT2D eigenvalue weighted by Gasteiger charge is -2.24. The van der Waals surface area contributed by atoms with Crippen molar-refractivity contribution in [1.82, 2.24) is 24.8 Å². The second-order valence-electron chi connectivity index (χ2n) is 6.93. The van der Waals surface area contributed by atoms with Gasteiger partial charge in [0.15, 0.2) is 5.82 Å². The zero-order valence-corrected chi connectivity index (χ0v) is 15.7. The molecule has 1 amide bonds. The van der Waals surface area contributed by atoms with Crippen molar-refractivity contribution in [2.45, 2.75) is 32.4 Å². The van der Waals surface area contributed by atoms with Crippen molar-refractivity contribution in [3.05, 3.63) is 77.8 Å². The van der Waals surface area contributed by atoms with E-state index in [0.717, 1.165) is 37.3 Å². The third kappa shape index (κ3) is 4.20. The molecule has 1 aliphatic rings. The maximum Gasteiger partial charge on any atom is 0.275 e. The van der Waals surface area contributed by atoms with Gasteiger partial charge in [-0.3, -0.25) is 19.7 Å². The van der Waals surface area contributed by atoms with Crippen molar-refractivity contribution in [3.8, 4) is 0 Å². The van der Waals surface area contributed by atoms with E-state index in [-0.39, 0.29) is 11.9 Å². The molecule has 4 heterocycles. The van der Waals surface area contributed by atoms with Gasteiger partial charge in [0.2, 0.25) is 0 Å². The molecule has 3 aromatic heterocycles. The average Bonchev–Trinajstić information content (AvgIpc) is 3.19. The molecule has 0 bridgehead atoms. The molecule has 0 unspecified atom stereocenters. The van der Waals surface area contributed by atoms with Gasteiger partial charge >= 0.3 is 0 Å². The molecule has 3 aromatic rings. The maximum absolute atomic E-state index is 12.5. The first-order chi connectivity index (χ1) is 13.7. The van der Waals surface area contributed by atoms with Crippen molar-refractivity contribution in [3.63, 3.8) is 0 Å². The number of nitrogens with one attached hydrogen (secondary N) is 1. The first kappa shape index (κ1) is 18.2. The average molecular weight is 374 g/mol. The number of aryl methyl sites for hydroxylation is 1. The predicted octanol–water partition coefficient (Wildman–Crippen LogP) is 3.16. The summed E-state index contributed by atoms with van der Waals surface area (Å²) in [4.78, 5) is 32.0. The summed E-state index contributed by atoms with van der Waals surface area (Å²) in [5.74, 6) is 0.128. The van der Waals surface area contributed by atoms with Crippen LogP contribution in [0.4, 0.5) is 5.82 Å². The topological polar surface area (TPSA) is 83.9 Å². The number of carbonyl (C=O) groups excluding carboxylic acids is 1. The summed E-state index contributed by atoms with van der Waals surface area (Å²) in [5.41, 5.74) is 3.51. The standard InChI is InChI=1S/C21H22N6O/c1-15-7-8-16(12-24-15)14-27-11-3-6-19(27)17-4-2-5-18(25-17)21(28)26-20-13-22-9-10-23-20/h2,4-5,7-10,12-13,19H,3,6,11,14H2,1H3,(H,23,26,28)/t19-/m1/s1. The molecular weight excluding hydrogens is 352 g/mol. The number of hydrogen-bond acceptors (Lipinski definition) is 6. The number of aromatic nitrogens is 4. The maximum atomic E-state index is 12.5.